The fourth-order valence-electron chi connectivity index (χ4n) is 2.20. The first-order valence-corrected chi connectivity index (χ1v) is 8.86. The van der Waals surface area contributed by atoms with E-state index in [-0.39, 0.29) is 6.61 Å². The predicted molar refractivity (Wildman–Crippen MR) is 102 cm³/mol. The van der Waals surface area contributed by atoms with Crippen molar-refractivity contribution in [2.45, 2.75) is 19.8 Å². The molecule has 0 radical (unpaired) electrons. The lowest BCUT2D eigenvalue weighted by Crippen LogP contribution is -2.43. The van der Waals surface area contributed by atoms with Gasteiger partial charge in [0.05, 0.1) is 17.1 Å². The quantitative estimate of drug-likeness (QED) is 0.701. The summed E-state index contributed by atoms with van der Waals surface area (Å²) in [7, 11) is 1.47. The monoisotopic (exact) mass is 420 g/mol. The van der Waals surface area contributed by atoms with E-state index in [0.717, 1.165) is 10.0 Å². The maximum Gasteiger partial charge on any atom is 0.276 e. The molecule has 0 fully saturated rings. The van der Waals surface area contributed by atoms with Crippen LogP contribution < -0.4 is 20.3 Å². The lowest BCUT2D eigenvalue weighted by Gasteiger charge is -2.12. The molecule has 2 aromatic carbocycles. The standard InChI is InChI=1S/C19H21BrN2O4/c1-12(2)13-8-9-17(15(20)10-13)26-11-18(23)21-22-19(24)14-6-4-5-7-16(14)25-3/h4-10,12H,11H2,1-3H3,(H,21,23)(H,22,24). The Kier molecular flexibility index (Phi) is 7.03. The zero-order chi connectivity index (χ0) is 19.1. The van der Waals surface area contributed by atoms with Crippen LogP contribution in [0.3, 0.4) is 0 Å². The summed E-state index contributed by atoms with van der Waals surface area (Å²) < 4.78 is 11.4. The van der Waals surface area contributed by atoms with E-state index in [1.807, 2.05) is 12.1 Å². The van der Waals surface area contributed by atoms with Crippen molar-refractivity contribution in [1.82, 2.24) is 10.9 Å². The molecule has 0 aromatic heterocycles. The Labute approximate surface area is 161 Å². The van der Waals surface area contributed by atoms with Gasteiger partial charge in [-0.25, -0.2) is 0 Å². The summed E-state index contributed by atoms with van der Waals surface area (Å²) in [5.74, 6) is 0.422. The summed E-state index contributed by atoms with van der Waals surface area (Å²) in [6.45, 7) is 3.96. The van der Waals surface area contributed by atoms with Crippen molar-refractivity contribution in [3.05, 3.63) is 58.1 Å². The molecule has 0 aliphatic carbocycles. The van der Waals surface area contributed by atoms with Crippen molar-refractivity contribution >= 4 is 27.7 Å². The van der Waals surface area contributed by atoms with Gasteiger partial charge in [0.15, 0.2) is 6.61 Å². The van der Waals surface area contributed by atoms with Crippen molar-refractivity contribution < 1.29 is 19.1 Å². The minimum Gasteiger partial charge on any atom is -0.496 e. The lowest BCUT2D eigenvalue weighted by atomic mass is 10.0. The number of ether oxygens (including phenoxy) is 2. The zero-order valence-corrected chi connectivity index (χ0v) is 16.4. The first kappa shape index (κ1) is 19.8. The maximum absolute atomic E-state index is 12.1. The van der Waals surface area contributed by atoms with Gasteiger partial charge >= 0.3 is 0 Å². The van der Waals surface area contributed by atoms with E-state index in [4.69, 9.17) is 9.47 Å². The Morgan fingerprint density at radius 3 is 2.46 bits per heavy atom. The van der Waals surface area contributed by atoms with E-state index in [9.17, 15) is 9.59 Å². The summed E-state index contributed by atoms with van der Waals surface area (Å²) in [5, 5.41) is 0. The van der Waals surface area contributed by atoms with Gasteiger partial charge < -0.3 is 9.47 Å². The highest BCUT2D eigenvalue weighted by atomic mass is 79.9. The summed E-state index contributed by atoms with van der Waals surface area (Å²) in [4.78, 5) is 24.0. The molecule has 138 valence electrons. The Bertz CT molecular complexity index is 793. The number of rotatable bonds is 6. The normalized spacial score (nSPS) is 10.3. The van der Waals surface area contributed by atoms with Crippen LogP contribution in [0, 0.1) is 0 Å². The Hall–Kier alpha value is -2.54. The molecule has 26 heavy (non-hydrogen) atoms. The highest BCUT2D eigenvalue weighted by Gasteiger charge is 2.13. The number of hydrogen-bond donors (Lipinski definition) is 2. The van der Waals surface area contributed by atoms with Gasteiger partial charge in [-0.05, 0) is 51.7 Å². The molecule has 2 amide bonds. The zero-order valence-electron chi connectivity index (χ0n) is 14.8. The van der Waals surface area contributed by atoms with Crippen LogP contribution in [0.15, 0.2) is 46.9 Å². The molecule has 0 heterocycles. The van der Waals surface area contributed by atoms with Crippen LogP contribution in [0.5, 0.6) is 11.5 Å². The average Bonchev–Trinajstić information content (AvgIpc) is 2.64. The number of nitrogens with one attached hydrogen (secondary N) is 2. The number of hydrogen-bond acceptors (Lipinski definition) is 4. The van der Waals surface area contributed by atoms with E-state index in [1.54, 1.807) is 30.3 Å². The first-order valence-electron chi connectivity index (χ1n) is 8.06. The van der Waals surface area contributed by atoms with E-state index < -0.39 is 11.8 Å². The van der Waals surface area contributed by atoms with Crippen LogP contribution in [0.25, 0.3) is 0 Å². The van der Waals surface area contributed by atoms with Crippen LogP contribution >= 0.6 is 15.9 Å². The van der Waals surface area contributed by atoms with E-state index in [1.165, 1.54) is 7.11 Å². The number of methoxy groups -OCH3 is 1. The molecule has 2 N–H and O–H groups in total. The molecule has 0 unspecified atom stereocenters. The Balaban J connectivity index is 1.87. The van der Waals surface area contributed by atoms with Crippen LogP contribution in [-0.2, 0) is 4.79 Å². The molecule has 0 bridgehead atoms. The van der Waals surface area contributed by atoms with Crippen LogP contribution in [-0.4, -0.2) is 25.5 Å². The second-order valence-corrected chi connectivity index (χ2v) is 6.69. The molecule has 0 saturated carbocycles. The second kappa shape index (κ2) is 9.24. The molecule has 0 aliphatic heterocycles. The average molecular weight is 421 g/mol. The number of amides is 2. The predicted octanol–water partition coefficient (Wildman–Crippen LogP) is 3.42. The number of carbonyl (C=O) groups excluding carboxylic acids is 2. The first-order chi connectivity index (χ1) is 12.4. The third-order valence-electron chi connectivity index (χ3n) is 3.65. The van der Waals surface area contributed by atoms with Gasteiger partial charge in [0.25, 0.3) is 11.8 Å². The second-order valence-electron chi connectivity index (χ2n) is 5.84. The van der Waals surface area contributed by atoms with Crippen LogP contribution in [0.1, 0.15) is 35.7 Å². The van der Waals surface area contributed by atoms with E-state index >= 15 is 0 Å². The number of para-hydroxylation sites is 1. The fourth-order valence-corrected chi connectivity index (χ4v) is 2.71. The largest absolute Gasteiger partial charge is 0.496 e. The molecule has 6 nitrogen and oxygen atoms in total. The summed E-state index contributed by atoms with van der Waals surface area (Å²) in [5.41, 5.74) is 6.14. The van der Waals surface area contributed by atoms with Crippen LogP contribution in [0.2, 0.25) is 0 Å². The Morgan fingerprint density at radius 2 is 1.81 bits per heavy atom. The number of carbonyl (C=O) groups is 2. The molecule has 2 rings (SSSR count). The van der Waals surface area contributed by atoms with Gasteiger partial charge in [0, 0.05) is 0 Å². The van der Waals surface area contributed by atoms with Gasteiger partial charge in [-0.15, -0.1) is 0 Å². The number of halogens is 1. The Morgan fingerprint density at radius 1 is 1.08 bits per heavy atom. The summed E-state index contributed by atoms with van der Waals surface area (Å²) in [6.07, 6.45) is 0. The lowest BCUT2D eigenvalue weighted by molar-refractivity contribution is -0.123. The molecule has 0 atom stereocenters. The highest BCUT2D eigenvalue weighted by Crippen LogP contribution is 2.28. The molecular formula is C19H21BrN2O4. The minimum absolute atomic E-state index is 0.230. The van der Waals surface area contributed by atoms with Crippen molar-refractivity contribution in [2.24, 2.45) is 0 Å². The van der Waals surface area contributed by atoms with Crippen LogP contribution in [0.4, 0.5) is 0 Å². The van der Waals surface area contributed by atoms with Crippen molar-refractivity contribution in [3.63, 3.8) is 0 Å². The fraction of sp³-hybridized carbons (Fsp3) is 0.263. The van der Waals surface area contributed by atoms with Crippen molar-refractivity contribution in [2.75, 3.05) is 13.7 Å². The number of hydrazine groups is 1. The third kappa shape index (κ3) is 5.23. The minimum atomic E-state index is -0.479. The molecule has 0 aliphatic rings. The summed E-state index contributed by atoms with van der Waals surface area (Å²) >= 11 is 3.43. The smallest absolute Gasteiger partial charge is 0.276 e. The van der Waals surface area contributed by atoms with Crippen molar-refractivity contribution in [3.8, 4) is 11.5 Å². The maximum atomic E-state index is 12.1. The molecule has 0 spiro atoms. The molecule has 2 aromatic rings. The van der Waals surface area contributed by atoms with Crippen molar-refractivity contribution in [1.29, 1.82) is 0 Å². The molecular weight excluding hydrogens is 400 g/mol. The van der Waals surface area contributed by atoms with Gasteiger partial charge in [0.2, 0.25) is 0 Å². The third-order valence-corrected chi connectivity index (χ3v) is 4.27. The van der Waals surface area contributed by atoms with Gasteiger partial charge in [0.1, 0.15) is 11.5 Å². The van der Waals surface area contributed by atoms with Gasteiger partial charge in [-0.2, -0.15) is 0 Å². The number of benzene rings is 2. The van der Waals surface area contributed by atoms with E-state index in [2.05, 4.69) is 40.6 Å². The van der Waals surface area contributed by atoms with Gasteiger partial charge in [-0.3, -0.25) is 20.4 Å². The SMILES string of the molecule is COc1ccccc1C(=O)NNC(=O)COc1ccc(C(C)C)cc1Br. The highest BCUT2D eigenvalue weighted by molar-refractivity contribution is 9.10. The summed E-state index contributed by atoms with van der Waals surface area (Å²) in [6, 6.07) is 12.4. The van der Waals surface area contributed by atoms with E-state index in [0.29, 0.717) is 23.0 Å². The topological polar surface area (TPSA) is 76.7 Å². The molecule has 0 saturated heterocycles. The molecule has 7 heteroatoms. The van der Waals surface area contributed by atoms with Gasteiger partial charge in [-0.1, -0.05) is 32.0 Å².